The van der Waals surface area contributed by atoms with Gasteiger partial charge in [0.1, 0.15) is 11.3 Å². The molecule has 0 saturated carbocycles. The van der Waals surface area contributed by atoms with Gasteiger partial charge < -0.3 is 18.7 Å². The number of hydrogen-bond donors (Lipinski definition) is 1. The monoisotopic (exact) mass is 502 g/mol. The summed E-state index contributed by atoms with van der Waals surface area (Å²) >= 11 is 0. The first-order valence-corrected chi connectivity index (χ1v) is 12.9. The second-order valence-corrected chi connectivity index (χ2v) is 9.76. The van der Waals surface area contributed by atoms with Crippen molar-refractivity contribution in [2.45, 2.75) is 0 Å². The van der Waals surface area contributed by atoms with Crippen molar-refractivity contribution in [1.82, 2.24) is 4.57 Å². The van der Waals surface area contributed by atoms with E-state index in [1.165, 1.54) is 21.8 Å². The maximum Gasteiger partial charge on any atom is 0.569 e. The van der Waals surface area contributed by atoms with Gasteiger partial charge in [-0.25, -0.2) is 0 Å². The summed E-state index contributed by atoms with van der Waals surface area (Å²) in [5.74, 6) is 0.485. The van der Waals surface area contributed by atoms with E-state index in [2.05, 4.69) is 89.5 Å². The Bertz CT molecular complexity index is 2190. The smallest absolute Gasteiger partial charge is 0.535 e. The number of para-hydroxylation sites is 2. The largest absolute Gasteiger partial charge is 0.569 e. The topological polar surface area (TPSA) is 47.5 Å². The second kappa shape index (κ2) is 8.52. The van der Waals surface area contributed by atoms with Crippen LogP contribution in [-0.4, -0.2) is 17.3 Å². The summed E-state index contributed by atoms with van der Waals surface area (Å²) in [6, 6.07) is 42.1. The molecule has 6 aromatic carbocycles. The predicted octanol–water partition coefficient (Wildman–Crippen LogP) is 8.41. The zero-order valence-corrected chi connectivity index (χ0v) is 20.8. The molecule has 1 N–H and O–H groups in total. The summed E-state index contributed by atoms with van der Waals surface area (Å²) in [5.41, 5.74) is 7.14. The molecule has 0 aliphatic heterocycles. The first-order chi connectivity index (χ1) is 19.3. The molecule has 0 aliphatic rings. The average molecular weight is 502 g/mol. The van der Waals surface area contributed by atoms with E-state index in [1.807, 2.05) is 36.4 Å². The molecular formula is C34H21BNO3. The van der Waals surface area contributed by atoms with Crippen LogP contribution in [0.4, 0.5) is 0 Å². The van der Waals surface area contributed by atoms with Crippen LogP contribution >= 0.6 is 0 Å². The Hall–Kier alpha value is -5.00. The Kier molecular flexibility index (Phi) is 4.81. The Morgan fingerprint density at radius 1 is 0.615 bits per heavy atom. The van der Waals surface area contributed by atoms with Crippen molar-refractivity contribution in [3.8, 4) is 22.6 Å². The van der Waals surface area contributed by atoms with E-state index in [4.69, 9.17) is 9.07 Å². The summed E-state index contributed by atoms with van der Waals surface area (Å²) in [6.45, 7) is 0. The Balaban J connectivity index is 1.38. The molecule has 4 nitrogen and oxygen atoms in total. The minimum atomic E-state index is 0.485. The van der Waals surface area contributed by atoms with Crippen molar-refractivity contribution >= 4 is 62.2 Å². The van der Waals surface area contributed by atoms with Crippen molar-refractivity contribution < 1.29 is 14.1 Å². The van der Waals surface area contributed by atoms with Crippen molar-refractivity contribution in [3.63, 3.8) is 0 Å². The summed E-state index contributed by atoms with van der Waals surface area (Å²) in [6.07, 6.45) is 0. The van der Waals surface area contributed by atoms with E-state index >= 15 is 0 Å². The number of hydrogen-bond acceptors (Lipinski definition) is 3. The number of nitrogens with zero attached hydrogens (tertiary/aromatic N) is 1. The molecule has 0 unspecified atom stereocenters. The number of aromatic nitrogens is 1. The van der Waals surface area contributed by atoms with Crippen LogP contribution in [0.5, 0.6) is 5.75 Å². The van der Waals surface area contributed by atoms with Crippen LogP contribution in [0.1, 0.15) is 0 Å². The van der Waals surface area contributed by atoms with Gasteiger partial charge in [-0.1, -0.05) is 72.8 Å². The molecule has 0 spiro atoms. The fraction of sp³-hybridized carbons (Fsp3) is 0. The highest BCUT2D eigenvalue weighted by Gasteiger charge is 2.18. The molecule has 5 heteroatoms. The van der Waals surface area contributed by atoms with Crippen LogP contribution in [0, 0.1) is 0 Å². The maximum atomic E-state index is 9.36. The summed E-state index contributed by atoms with van der Waals surface area (Å²) in [7, 11) is 0.698. The number of rotatable bonds is 4. The fourth-order valence-corrected chi connectivity index (χ4v) is 5.93. The minimum Gasteiger partial charge on any atom is -0.535 e. The molecule has 0 atom stereocenters. The molecule has 2 aromatic heterocycles. The van der Waals surface area contributed by atoms with Crippen molar-refractivity contribution in [3.05, 3.63) is 121 Å². The summed E-state index contributed by atoms with van der Waals surface area (Å²) < 4.78 is 14.0. The van der Waals surface area contributed by atoms with Crippen LogP contribution in [-0.2, 0) is 0 Å². The van der Waals surface area contributed by atoms with Crippen LogP contribution in [0.2, 0.25) is 0 Å². The first-order valence-electron chi connectivity index (χ1n) is 12.9. The van der Waals surface area contributed by atoms with Crippen molar-refractivity contribution in [2.75, 3.05) is 0 Å². The van der Waals surface area contributed by atoms with Crippen LogP contribution in [0.15, 0.2) is 126 Å². The Labute approximate surface area is 224 Å². The van der Waals surface area contributed by atoms with Gasteiger partial charge in [0.25, 0.3) is 0 Å². The standard InChI is InChI=1S/C34H21BNO3/c37-35-39-32-20-23-8-4-5-11-25(23)33-28-19-22(15-17-31(28)38-34(32)33)21-14-16-30-27(18-21)26-12-6-7-13-29(26)36(30)24-9-2-1-3-10-24/h1-20,37H. The lowest BCUT2D eigenvalue weighted by molar-refractivity contribution is 0.451. The van der Waals surface area contributed by atoms with Gasteiger partial charge in [-0.3, -0.25) is 0 Å². The SMILES string of the molecule is O[B]Oc1cc2ccccc2c2c1oc1ccc(-c3ccc4c(c3)c3ccccc3n4-c3ccccc3)cc12. The molecule has 0 bridgehead atoms. The Morgan fingerprint density at radius 2 is 1.31 bits per heavy atom. The molecule has 39 heavy (non-hydrogen) atoms. The van der Waals surface area contributed by atoms with Crippen LogP contribution in [0.3, 0.4) is 0 Å². The third-order valence-corrected chi connectivity index (χ3v) is 7.63. The number of benzene rings is 6. The molecule has 0 fully saturated rings. The van der Waals surface area contributed by atoms with Gasteiger partial charge in [-0.05, 0) is 70.4 Å². The van der Waals surface area contributed by atoms with Gasteiger partial charge >= 0.3 is 7.69 Å². The van der Waals surface area contributed by atoms with Gasteiger partial charge in [0.2, 0.25) is 0 Å². The van der Waals surface area contributed by atoms with E-state index in [-0.39, 0.29) is 0 Å². The highest BCUT2D eigenvalue weighted by atomic mass is 16.5. The van der Waals surface area contributed by atoms with Crippen molar-refractivity contribution in [2.24, 2.45) is 0 Å². The highest BCUT2D eigenvalue weighted by Crippen LogP contribution is 2.42. The maximum absolute atomic E-state index is 9.36. The van der Waals surface area contributed by atoms with E-state index in [0.717, 1.165) is 43.9 Å². The van der Waals surface area contributed by atoms with Crippen LogP contribution < -0.4 is 4.65 Å². The zero-order valence-electron chi connectivity index (χ0n) is 20.8. The van der Waals surface area contributed by atoms with E-state index in [0.29, 0.717) is 19.0 Å². The van der Waals surface area contributed by atoms with Gasteiger partial charge in [-0.15, -0.1) is 0 Å². The zero-order chi connectivity index (χ0) is 25.9. The third-order valence-electron chi connectivity index (χ3n) is 7.63. The molecular weight excluding hydrogens is 481 g/mol. The number of furan rings is 1. The van der Waals surface area contributed by atoms with Gasteiger partial charge in [0.15, 0.2) is 5.58 Å². The highest BCUT2D eigenvalue weighted by molar-refractivity contribution is 6.23. The number of fused-ring (bicyclic) bond motifs is 8. The molecule has 183 valence electrons. The quantitative estimate of drug-likeness (QED) is 0.246. The molecule has 0 amide bonds. The first kappa shape index (κ1) is 22.0. The third kappa shape index (κ3) is 3.30. The molecule has 0 saturated heterocycles. The summed E-state index contributed by atoms with van der Waals surface area (Å²) in [5, 5.41) is 15.9. The van der Waals surface area contributed by atoms with Gasteiger partial charge in [-0.2, -0.15) is 0 Å². The lowest BCUT2D eigenvalue weighted by Gasteiger charge is -2.08. The predicted molar refractivity (Wildman–Crippen MR) is 160 cm³/mol. The van der Waals surface area contributed by atoms with E-state index < -0.39 is 0 Å². The molecule has 0 aliphatic carbocycles. The fourth-order valence-electron chi connectivity index (χ4n) is 5.93. The lowest BCUT2D eigenvalue weighted by Crippen LogP contribution is -1.99. The molecule has 2 heterocycles. The van der Waals surface area contributed by atoms with E-state index in [1.54, 1.807) is 0 Å². The lowest BCUT2D eigenvalue weighted by atomic mass is 9.98. The summed E-state index contributed by atoms with van der Waals surface area (Å²) in [4.78, 5) is 0. The minimum absolute atomic E-state index is 0.485. The normalized spacial score (nSPS) is 11.7. The van der Waals surface area contributed by atoms with Crippen molar-refractivity contribution in [1.29, 1.82) is 0 Å². The average Bonchev–Trinajstić information content (AvgIpc) is 3.54. The Morgan fingerprint density at radius 3 is 2.15 bits per heavy atom. The second-order valence-electron chi connectivity index (χ2n) is 9.76. The molecule has 8 aromatic rings. The van der Waals surface area contributed by atoms with E-state index in [9.17, 15) is 5.02 Å². The van der Waals surface area contributed by atoms with Crippen LogP contribution in [0.25, 0.3) is 71.3 Å². The molecule has 1 radical (unpaired) electrons. The van der Waals surface area contributed by atoms with Gasteiger partial charge in [0, 0.05) is 27.2 Å². The molecule has 8 rings (SSSR count). The van der Waals surface area contributed by atoms with Gasteiger partial charge in [0.05, 0.1) is 11.0 Å².